The van der Waals surface area contributed by atoms with Crippen LogP contribution in [0.15, 0.2) is 29.3 Å². The first-order valence-electron chi connectivity index (χ1n) is 10.6. The Hall–Kier alpha value is -1.20. The van der Waals surface area contributed by atoms with E-state index in [0.717, 1.165) is 10.9 Å². The van der Waals surface area contributed by atoms with Crippen LogP contribution in [0.1, 0.15) is 71.8 Å². The Bertz CT molecular complexity index is 708. The molecule has 0 bridgehead atoms. The summed E-state index contributed by atoms with van der Waals surface area (Å²) in [6.07, 6.45) is 6.86. The Morgan fingerprint density at radius 3 is 2.38 bits per heavy atom. The highest BCUT2D eigenvalue weighted by Gasteiger charge is 2.36. The molecule has 162 valence electrons. The van der Waals surface area contributed by atoms with Crippen LogP contribution in [0.5, 0.6) is 0 Å². The molecule has 2 aliphatic rings. The van der Waals surface area contributed by atoms with Crippen molar-refractivity contribution < 1.29 is 4.79 Å². The van der Waals surface area contributed by atoms with Gasteiger partial charge in [-0.1, -0.05) is 70.9 Å². The number of carbonyl (C=O) groups is 1. The number of amides is 1. The largest absolute Gasteiger partial charge is 0.350 e. The lowest BCUT2D eigenvalue weighted by molar-refractivity contribution is -0.117. The molecule has 1 saturated heterocycles. The molecule has 1 amide bonds. The van der Waals surface area contributed by atoms with Gasteiger partial charge in [0.2, 0.25) is 5.91 Å². The van der Waals surface area contributed by atoms with E-state index < -0.39 is 0 Å². The summed E-state index contributed by atoms with van der Waals surface area (Å²) in [5, 5.41) is 4.56. The molecule has 0 aromatic heterocycles. The molecule has 2 fully saturated rings. The molecule has 0 radical (unpaired) electrons. The minimum atomic E-state index is 0. The fraction of sp³-hybridized carbons (Fsp3) is 0.652. The van der Waals surface area contributed by atoms with E-state index in [1.807, 2.05) is 23.9 Å². The lowest BCUT2D eigenvalue weighted by Crippen LogP contribution is -2.36. The molecule has 3 rings (SSSR count). The minimum Gasteiger partial charge on any atom is -0.350 e. The van der Waals surface area contributed by atoms with Crippen LogP contribution >= 0.6 is 24.2 Å². The third-order valence-electron chi connectivity index (χ3n) is 5.93. The molecule has 0 spiro atoms. The van der Waals surface area contributed by atoms with E-state index in [0.29, 0.717) is 17.7 Å². The van der Waals surface area contributed by atoms with E-state index in [2.05, 4.69) is 57.1 Å². The van der Waals surface area contributed by atoms with Gasteiger partial charge in [-0.3, -0.25) is 9.79 Å². The van der Waals surface area contributed by atoms with Crippen molar-refractivity contribution in [2.75, 3.05) is 12.4 Å². The Kier molecular flexibility index (Phi) is 8.48. The van der Waals surface area contributed by atoms with Crippen LogP contribution in [0.3, 0.4) is 0 Å². The summed E-state index contributed by atoms with van der Waals surface area (Å²) in [4.78, 5) is 19.9. The van der Waals surface area contributed by atoms with Crippen LogP contribution in [-0.2, 0) is 10.2 Å². The zero-order chi connectivity index (χ0) is 20.3. The highest BCUT2D eigenvalue weighted by molar-refractivity contribution is 8.14. The topological polar surface area (TPSA) is 44.7 Å². The van der Waals surface area contributed by atoms with Crippen molar-refractivity contribution in [3.63, 3.8) is 0 Å². The van der Waals surface area contributed by atoms with Gasteiger partial charge in [0.15, 0.2) is 5.17 Å². The summed E-state index contributed by atoms with van der Waals surface area (Å²) in [6.45, 7) is 8.80. The number of amidine groups is 1. The summed E-state index contributed by atoms with van der Waals surface area (Å²) in [5.41, 5.74) is 2.26. The zero-order valence-electron chi connectivity index (χ0n) is 18.4. The van der Waals surface area contributed by atoms with E-state index in [1.165, 1.54) is 37.7 Å². The molecule has 1 aromatic carbocycles. The first-order chi connectivity index (χ1) is 13.2. The van der Waals surface area contributed by atoms with Gasteiger partial charge in [-0.2, -0.15) is 0 Å². The van der Waals surface area contributed by atoms with Crippen molar-refractivity contribution in [3.8, 4) is 0 Å². The number of thioether (sulfide) groups is 1. The number of nitrogens with zero attached hydrogens (tertiary/aromatic N) is 2. The second kappa shape index (κ2) is 10.2. The number of carbonyl (C=O) groups excluding carboxylic acids is 1. The average molecular weight is 438 g/mol. The van der Waals surface area contributed by atoms with E-state index in [-0.39, 0.29) is 29.8 Å². The first-order valence-corrected chi connectivity index (χ1v) is 11.5. The summed E-state index contributed by atoms with van der Waals surface area (Å²) in [7, 11) is 2.09. The number of aliphatic imine (C=N–C) groups is 1. The fourth-order valence-corrected chi connectivity index (χ4v) is 5.31. The van der Waals surface area contributed by atoms with Crippen molar-refractivity contribution in [2.45, 2.75) is 89.0 Å². The number of nitrogens with one attached hydrogen (secondary N) is 1. The Morgan fingerprint density at radius 1 is 1.17 bits per heavy atom. The van der Waals surface area contributed by atoms with Crippen LogP contribution in [0.25, 0.3) is 0 Å². The highest BCUT2D eigenvalue weighted by Crippen LogP contribution is 2.34. The smallest absolute Gasteiger partial charge is 0.226 e. The average Bonchev–Trinajstić information content (AvgIpc) is 2.90. The molecule has 6 heteroatoms. The summed E-state index contributed by atoms with van der Waals surface area (Å²) >= 11 is 1.82. The molecule has 2 atom stereocenters. The maximum Gasteiger partial charge on any atom is 0.226 e. The molecule has 4 nitrogen and oxygen atoms in total. The van der Waals surface area contributed by atoms with E-state index in [9.17, 15) is 4.79 Å². The Labute approximate surface area is 186 Å². The summed E-state index contributed by atoms with van der Waals surface area (Å²) < 4.78 is 0. The van der Waals surface area contributed by atoms with Gasteiger partial charge in [0.25, 0.3) is 0 Å². The van der Waals surface area contributed by atoms with E-state index in [1.54, 1.807) is 0 Å². The molecule has 1 aliphatic carbocycles. The number of anilines is 1. The number of benzene rings is 1. The van der Waals surface area contributed by atoms with Crippen LogP contribution in [-0.4, -0.2) is 40.4 Å². The number of hydrogen-bond donors (Lipinski definition) is 1. The molecule has 1 saturated carbocycles. The monoisotopic (exact) mass is 437 g/mol. The second-order valence-electron chi connectivity index (χ2n) is 9.28. The zero-order valence-corrected chi connectivity index (χ0v) is 20.0. The SMILES string of the molecule is CC1SC(=NC2CCCCC2)N(C)C1CC(=O)Nc1ccc(C(C)(C)C)cc1.Cl. The van der Waals surface area contributed by atoms with Gasteiger partial charge in [-0.15, -0.1) is 12.4 Å². The van der Waals surface area contributed by atoms with Crippen LogP contribution < -0.4 is 5.32 Å². The predicted octanol–water partition coefficient (Wildman–Crippen LogP) is 5.86. The van der Waals surface area contributed by atoms with Crippen molar-refractivity contribution in [1.29, 1.82) is 0 Å². The van der Waals surface area contributed by atoms with Crippen molar-refractivity contribution in [3.05, 3.63) is 29.8 Å². The quantitative estimate of drug-likeness (QED) is 0.641. The molecule has 1 aromatic rings. The third-order valence-corrected chi connectivity index (χ3v) is 7.22. The van der Waals surface area contributed by atoms with Crippen molar-refractivity contribution in [2.24, 2.45) is 4.99 Å². The second-order valence-corrected chi connectivity index (χ2v) is 10.6. The standard InChI is InChI=1S/C23H35N3OS.ClH/c1-16-20(26(5)22(28-16)25-18-9-7-6-8-10-18)15-21(27)24-19-13-11-17(12-14-19)23(2,3)4;/h11-14,16,18,20H,6-10,15H2,1-5H3,(H,24,27);1H. The molecule has 29 heavy (non-hydrogen) atoms. The number of hydrogen-bond acceptors (Lipinski definition) is 3. The van der Waals surface area contributed by atoms with Gasteiger partial charge in [0.05, 0.1) is 12.1 Å². The van der Waals surface area contributed by atoms with E-state index in [4.69, 9.17) is 4.99 Å². The van der Waals surface area contributed by atoms with Crippen LogP contribution in [0, 0.1) is 0 Å². The Balaban J connectivity index is 0.00000300. The van der Waals surface area contributed by atoms with Gasteiger partial charge in [-0.25, -0.2) is 0 Å². The maximum atomic E-state index is 12.7. The molecular weight excluding hydrogens is 402 g/mol. The lowest BCUT2D eigenvalue weighted by Gasteiger charge is -2.24. The molecule has 1 N–H and O–H groups in total. The summed E-state index contributed by atoms with van der Waals surface area (Å²) in [5.74, 6) is 0.0757. The van der Waals surface area contributed by atoms with Crippen molar-refractivity contribution >= 4 is 40.9 Å². The van der Waals surface area contributed by atoms with Crippen LogP contribution in [0.2, 0.25) is 0 Å². The van der Waals surface area contributed by atoms with Gasteiger partial charge in [-0.05, 0) is 36.0 Å². The van der Waals surface area contributed by atoms with Gasteiger partial charge >= 0.3 is 0 Å². The highest BCUT2D eigenvalue weighted by atomic mass is 35.5. The number of halogens is 1. The maximum absolute atomic E-state index is 12.7. The lowest BCUT2D eigenvalue weighted by atomic mass is 9.87. The van der Waals surface area contributed by atoms with Gasteiger partial charge < -0.3 is 10.2 Å². The number of rotatable bonds is 4. The molecule has 1 aliphatic heterocycles. The van der Waals surface area contributed by atoms with E-state index >= 15 is 0 Å². The predicted molar refractivity (Wildman–Crippen MR) is 129 cm³/mol. The summed E-state index contributed by atoms with van der Waals surface area (Å²) in [6, 6.07) is 8.88. The van der Waals surface area contributed by atoms with Crippen molar-refractivity contribution in [1.82, 2.24) is 4.90 Å². The minimum absolute atomic E-state index is 0. The third kappa shape index (κ3) is 6.39. The van der Waals surface area contributed by atoms with Gasteiger partial charge in [0.1, 0.15) is 0 Å². The van der Waals surface area contributed by atoms with Crippen LogP contribution in [0.4, 0.5) is 5.69 Å². The van der Waals surface area contributed by atoms with Gasteiger partial charge in [0, 0.05) is 24.4 Å². The Morgan fingerprint density at radius 2 is 1.79 bits per heavy atom. The molecular formula is C23H36ClN3OS. The normalized spacial score (nSPS) is 24.4. The molecule has 2 unspecified atom stereocenters. The molecule has 1 heterocycles. The first kappa shape index (κ1) is 24.1. The fourth-order valence-electron chi connectivity index (χ4n) is 4.03.